The predicted octanol–water partition coefficient (Wildman–Crippen LogP) is 3.14. The highest BCUT2D eigenvalue weighted by Crippen LogP contribution is 2.27. The van der Waals surface area contributed by atoms with Crippen LogP contribution < -0.4 is 5.32 Å². The summed E-state index contributed by atoms with van der Waals surface area (Å²) in [5.41, 5.74) is 1.31. The summed E-state index contributed by atoms with van der Waals surface area (Å²) in [5.74, 6) is 1.14. The quantitative estimate of drug-likeness (QED) is 0.868. The number of nitrogens with zero attached hydrogens (tertiary/aromatic N) is 2. The maximum atomic E-state index is 12.0. The standard InChI is InChI=1S/C15H19N3OS/c1-2-5-13-12(9-16)10-20-15(17-13)18-14(19)8-11-6-3-4-7-11/h2,5,11H,3-4,6-8,10H2,1H3,(H,17,18,19)/b5-2+. The molecule has 1 amide bonds. The number of aliphatic imine (C=N–C) groups is 1. The number of nitriles is 1. The molecule has 1 aliphatic heterocycles. The van der Waals surface area contributed by atoms with Gasteiger partial charge >= 0.3 is 0 Å². The Hall–Kier alpha value is -1.54. The molecular weight excluding hydrogens is 270 g/mol. The van der Waals surface area contributed by atoms with Crippen LogP contribution in [0.25, 0.3) is 0 Å². The van der Waals surface area contributed by atoms with Crippen molar-refractivity contribution in [3.63, 3.8) is 0 Å². The van der Waals surface area contributed by atoms with Crippen molar-refractivity contribution in [2.24, 2.45) is 10.9 Å². The van der Waals surface area contributed by atoms with Crippen LogP contribution in [-0.4, -0.2) is 16.8 Å². The topological polar surface area (TPSA) is 65.2 Å². The number of allylic oxidation sites excluding steroid dienone is 2. The summed E-state index contributed by atoms with van der Waals surface area (Å²) in [6.07, 6.45) is 9.06. The molecule has 0 radical (unpaired) electrons. The molecule has 1 N–H and O–H groups in total. The molecule has 0 aromatic rings. The van der Waals surface area contributed by atoms with Gasteiger partial charge in [0.1, 0.15) is 0 Å². The Labute approximate surface area is 124 Å². The van der Waals surface area contributed by atoms with Crippen molar-refractivity contribution in [3.8, 4) is 6.07 Å². The molecule has 0 saturated heterocycles. The Balaban J connectivity index is 1.97. The first-order chi connectivity index (χ1) is 9.72. The average Bonchev–Trinajstić information content (AvgIpc) is 2.92. The second-order valence-corrected chi connectivity index (χ2v) is 6.05. The van der Waals surface area contributed by atoms with E-state index in [1.54, 1.807) is 6.08 Å². The second kappa shape index (κ2) is 7.30. The first kappa shape index (κ1) is 14.9. The molecule has 1 heterocycles. The Morgan fingerprint density at radius 2 is 2.30 bits per heavy atom. The highest BCUT2D eigenvalue weighted by Gasteiger charge is 2.20. The maximum absolute atomic E-state index is 12.0. The molecule has 106 valence electrons. The third-order valence-electron chi connectivity index (χ3n) is 3.54. The van der Waals surface area contributed by atoms with Gasteiger partial charge in [0, 0.05) is 12.2 Å². The minimum absolute atomic E-state index is 0.0448. The maximum Gasteiger partial charge on any atom is 0.226 e. The summed E-state index contributed by atoms with van der Waals surface area (Å²) in [4.78, 5) is 16.3. The number of hydrogen-bond acceptors (Lipinski definition) is 4. The molecular formula is C15H19N3OS. The van der Waals surface area contributed by atoms with Crippen LogP contribution in [0.2, 0.25) is 0 Å². The van der Waals surface area contributed by atoms with Gasteiger partial charge in [0.15, 0.2) is 5.17 Å². The number of amidine groups is 1. The van der Waals surface area contributed by atoms with Crippen molar-refractivity contribution in [3.05, 3.63) is 23.4 Å². The predicted molar refractivity (Wildman–Crippen MR) is 82.1 cm³/mol. The molecule has 5 heteroatoms. The highest BCUT2D eigenvalue weighted by atomic mass is 32.2. The third-order valence-corrected chi connectivity index (χ3v) is 4.44. The van der Waals surface area contributed by atoms with Gasteiger partial charge in [-0.3, -0.25) is 4.79 Å². The van der Waals surface area contributed by atoms with Crippen molar-refractivity contribution in [1.29, 1.82) is 5.26 Å². The largest absolute Gasteiger partial charge is 0.305 e. The monoisotopic (exact) mass is 289 g/mol. The summed E-state index contributed by atoms with van der Waals surface area (Å²) < 4.78 is 0. The molecule has 0 aromatic carbocycles. The lowest BCUT2D eigenvalue weighted by Crippen LogP contribution is -2.31. The van der Waals surface area contributed by atoms with Gasteiger partial charge in [-0.1, -0.05) is 30.7 Å². The lowest BCUT2D eigenvalue weighted by molar-refractivity contribution is -0.120. The average molecular weight is 289 g/mol. The van der Waals surface area contributed by atoms with Gasteiger partial charge in [0.25, 0.3) is 0 Å². The normalized spacial score (nSPS) is 20.1. The Morgan fingerprint density at radius 1 is 1.55 bits per heavy atom. The number of hydrogen-bond donors (Lipinski definition) is 1. The fourth-order valence-electron chi connectivity index (χ4n) is 2.52. The summed E-state index contributed by atoms with van der Waals surface area (Å²) in [5, 5.41) is 12.5. The van der Waals surface area contributed by atoms with E-state index in [1.807, 2.05) is 13.0 Å². The molecule has 1 aliphatic carbocycles. The van der Waals surface area contributed by atoms with Gasteiger partial charge < -0.3 is 5.32 Å². The zero-order valence-corrected chi connectivity index (χ0v) is 12.5. The first-order valence-corrected chi connectivity index (χ1v) is 7.98. The SMILES string of the molecule is C/C=C/C1=C(C#N)CSC(NC(=O)CC2CCCC2)=N1. The van der Waals surface area contributed by atoms with E-state index in [1.165, 1.54) is 24.6 Å². The fraction of sp³-hybridized carbons (Fsp3) is 0.533. The van der Waals surface area contributed by atoms with Gasteiger partial charge in [0.2, 0.25) is 5.91 Å². The van der Waals surface area contributed by atoms with Crippen LogP contribution in [0, 0.1) is 17.2 Å². The van der Waals surface area contributed by atoms with E-state index in [0.29, 0.717) is 34.5 Å². The minimum atomic E-state index is 0.0448. The van der Waals surface area contributed by atoms with Gasteiger partial charge in [-0.05, 0) is 31.8 Å². The third kappa shape index (κ3) is 3.97. The van der Waals surface area contributed by atoms with Crippen molar-refractivity contribution >= 4 is 22.8 Å². The van der Waals surface area contributed by atoms with Crippen LogP contribution in [-0.2, 0) is 4.79 Å². The van der Waals surface area contributed by atoms with Crippen molar-refractivity contribution in [2.75, 3.05) is 5.75 Å². The van der Waals surface area contributed by atoms with Gasteiger partial charge in [0.05, 0.1) is 17.3 Å². The molecule has 2 aliphatic rings. The molecule has 1 fully saturated rings. The van der Waals surface area contributed by atoms with E-state index in [4.69, 9.17) is 5.26 Å². The highest BCUT2D eigenvalue weighted by molar-refractivity contribution is 8.14. The number of carbonyl (C=O) groups is 1. The number of rotatable bonds is 3. The van der Waals surface area contributed by atoms with E-state index >= 15 is 0 Å². The van der Waals surface area contributed by atoms with E-state index in [-0.39, 0.29) is 5.91 Å². The summed E-state index contributed by atoms with van der Waals surface area (Å²) in [6, 6.07) is 2.16. The Bertz CT molecular complexity index is 508. The number of carbonyl (C=O) groups excluding carboxylic acids is 1. The second-order valence-electron chi connectivity index (χ2n) is 5.08. The molecule has 0 aromatic heterocycles. The van der Waals surface area contributed by atoms with Crippen LogP contribution >= 0.6 is 11.8 Å². The number of amides is 1. The zero-order chi connectivity index (χ0) is 14.4. The molecule has 2 rings (SSSR count). The Morgan fingerprint density at radius 3 is 2.95 bits per heavy atom. The number of thioether (sulfide) groups is 1. The van der Waals surface area contributed by atoms with Crippen molar-refractivity contribution in [1.82, 2.24) is 5.32 Å². The van der Waals surface area contributed by atoms with E-state index < -0.39 is 0 Å². The van der Waals surface area contributed by atoms with Crippen LogP contribution in [0.5, 0.6) is 0 Å². The Kier molecular flexibility index (Phi) is 5.42. The van der Waals surface area contributed by atoms with Gasteiger partial charge in [-0.15, -0.1) is 0 Å². The van der Waals surface area contributed by atoms with Crippen LogP contribution in [0.1, 0.15) is 39.0 Å². The van der Waals surface area contributed by atoms with E-state index in [9.17, 15) is 4.79 Å². The van der Waals surface area contributed by atoms with Crippen LogP contribution in [0.4, 0.5) is 0 Å². The molecule has 20 heavy (non-hydrogen) atoms. The van der Waals surface area contributed by atoms with Gasteiger partial charge in [-0.2, -0.15) is 5.26 Å². The number of nitrogens with one attached hydrogen (secondary N) is 1. The van der Waals surface area contributed by atoms with E-state index in [2.05, 4.69) is 16.4 Å². The summed E-state index contributed by atoms with van der Waals surface area (Å²) in [7, 11) is 0. The minimum Gasteiger partial charge on any atom is -0.305 e. The molecule has 0 bridgehead atoms. The molecule has 0 atom stereocenters. The van der Waals surface area contributed by atoms with E-state index in [0.717, 1.165) is 12.8 Å². The molecule has 4 nitrogen and oxygen atoms in total. The summed E-state index contributed by atoms with van der Waals surface area (Å²) in [6.45, 7) is 1.89. The lowest BCUT2D eigenvalue weighted by atomic mass is 10.0. The zero-order valence-electron chi connectivity index (χ0n) is 11.7. The van der Waals surface area contributed by atoms with Crippen molar-refractivity contribution in [2.45, 2.75) is 39.0 Å². The van der Waals surface area contributed by atoms with Gasteiger partial charge in [-0.25, -0.2) is 4.99 Å². The smallest absolute Gasteiger partial charge is 0.226 e. The van der Waals surface area contributed by atoms with Crippen LogP contribution in [0.15, 0.2) is 28.4 Å². The van der Waals surface area contributed by atoms with Crippen molar-refractivity contribution < 1.29 is 4.79 Å². The fourth-order valence-corrected chi connectivity index (χ4v) is 3.36. The molecule has 1 saturated carbocycles. The molecule has 0 spiro atoms. The first-order valence-electron chi connectivity index (χ1n) is 7.00. The van der Waals surface area contributed by atoms with Crippen LogP contribution in [0.3, 0.4) is 0 Å². The lowest BCUT2D eigenvalue weighted by Gasteiger charge is -2.15. The molecule has 0 unspecified atom stereocenters. The summed E-state index contributed by atoms with van der Waals surface area (Å²) >= 11 is 1.42.